The lowest BCUT2D eigenvalue weighted by molar-refractivity contribution is 0.660. The van der Waals surface area contributed by atoms with Crippen molar-refractivity contribution in [3.63, 3.8) is 0 Å². The van der Waals surface area contributed by atoms with Gasteiger partial charge in [-0.2, -0.15) is 0 Å². The van der Waals surface area contributed by atoms with Crippen LogP contribution in [0.15, 0.2) is 185 Å². The van der Waals surface area contributed by atoms with Crippen LogP contribution in [0.2, 0.25) is 0 Å². The Hall–Kier alpha value is -7.10. The molecular weight excluding hydrogens is 683 g/mol. The fourth-order valence-corrected chi connectivity index (χ4v) is 9.60. The van der Waals surface area contributed by atoms with Crippen LogP contribution in [0.5, 0.6) is 0 Å². The third-order valence-electron chi connectivity index (χ3n) is 12.3. The minimum absolute atomic E-state index is 0.148. The van der Waals surface area contributed by atoms with Crippen LogP contribution in [-0.2, 0) is 5.41 Å². The van der Waals surface area contributed by atoms with Gasteiger partial charge in [0, 0.05) is 38.3 Å². The van der Waals surface area contributed by atoms with Crippen molar-refractivity contribution in [1.29, 1.82) is 0 Å². The predicted octanol–water partition coefficient (Wildman–Crippen LogP) is 15.2. The van der Waals surface area contributed by atoms with Gasteiger partial charge in [-0.3, -0.25) is 0 Å². The van der Waals surface area contributed by atoms with Crippen molar-refractivity contribution in [1.82, 2.24) is 0 Å². The maximum atomic E-state index is 6.73. The van der Waals surface area contributed by atoms with Crippen LogP contribution in [0.1, 0.15) is 25.0 Å². The number of benzene rings is 9. The molecule has 264 valence electrons. The first-order valence-electron chi connectivity index (χ1n) is 19.3. The molecule has 3 nitrogen and oxygen atoms in total. The SMILES string of the molecule is CC1(C)c2ccccc2-c2ccc(N(c3ccc(-c4cccc5ccccc45)cc3)c3cccc4oc5ccc6oc7c8ccccc8ccc7c6c5c34)cc21. The zero-order chi connectivity index (χ0) is 37.1. The number of nitrogens with zero attached hydrogens (tertiary/aromatic N) is 1. The lowest BCUT2D eigenvalue weighted by atomic mass is 9.82. The fourth-order valence-electron chi connectivity index (χ4n) is 9.60. The summed E-state index contributed by atoms with van der Waals surface area (Å²) in [6.45, 7) is 4.69. The first-order chi connectivity index (χ1) is 27.5. The molecule has 0 N–H and O–H groups in total. The fraction of sp³-hybridized carbons (Fsp3) is 0.0566. The number of hydrogen-bond donors (Lipinski definition) is 0. The van der Waals surface area contributed by atoms with Gasteiger partial charge in [-0.25, -0.2) is 0 Å². The second kappa shape index (κ2) is 11.5. The number of rotatable bonds is 4. The van der Waals surface area contributed by atoms with Crippen molar-refractivity contribution in [2.24, 2.45) is 0 Å². The Morgan fingerprint density at radius 2 is 1.05 bits per heavy atom. The van der Waals surface area contributed by atoms with E-state index in [0.29, 0.717) is 0 Å². The number of anilines is 3. The molecule has 2 aromatic heterocycles. The molecule has 11 aromatic rings. The Bertz CT molecular complexity index is 3390. The summed E-state index contributed by atoms with van der Waals surface area (Å²) in [5.74, 6) is 0. The summed E-state index contributed by atoms with van der Waals surface area (Å²) in [5.41, 5.74) is 14.2. The molecule has 12 rings (SSSR count). The maximum Gasteiger partial charge on any atom is 0.143 e. The van der Waals surface area contributed by atoms with E-state index in [2.05, 4.69) is 195 Å². The third kappa shape index (κ3) is 4.34. The van der Waals surface area contributed by atoms with Gasteiger partial charge in [0.2, 0.25) is 0 Å². The highest BCUT2D eigenvalue weighted by atomic mass is 16.3. The Morgan fingerprint density at radius 3 is 1.91 bits per heavy atom. The normalized spacial score (nSPS) is 13.3. The molecule has 0 atom stereocenters. The van der Waals surface area contributed by atoms with Gasteiger partial charge in [-0.15, -0.1) is 0 Å². The minimum atomic E-state index is -0.148. The summed E-state index contributed by atoms with van der Waals surface area (Å²) < 4.78 is 13.4. The molecule has 0 bridgehead atoms. The van der Waals surface area contributed by atoms with E-state index in [1.807, 2.05) is 0 Å². The van der Waals surface area contributed by atoms with E-state index in [1.54, 1.807) is 0 Å². The largest absolute Gasteiger partial charge is 0.456 e. The van der Waals surface area contributed by atoms with Gasteiger partial charge < -0.3 is 13.7 Å². The molecule has 0 fully saturated rings. The maximum absolute atomic E-state index is 6.73. The molecule has 3 heteroatoms. The van der Waals surface area contributed by atoms with Crippen LogP contribution in [0.3, 0.4) is 0 Å². The molecule has 0 saturated heterocycles. The Labute approximate surface area is 323 Å². The first kappa shape index (κ1) is 31.3. The monoisotopic (exact) mass is 717 g/mol. The molecule has 0 radical (unpaired) electrons. The van der Waals surface area contributed by atoms with Gasteiger partial charge in [0.05, 0.1) is 11.1 Å². The van der Waals surface area contributed by atoms with Crippen molar-refractivity contribution in [2.75, 3.05) is 4.90 Å². The Kier molecular flexibility index (Phi) is 6.40. The van der Waals surface area contributed by atoms with Crippen LogP contribution < -0.4 is 4.90 Å². The van der Waals surface area contributed by atoms with E-state index in [4.69, 9.17) is 8.83 Å². The van der Waals surface area contributed by atoms with Gasteiger partial charge in [0.1, 0.15) is 22.3 Å². The van der Waals surface area contributed by atoms with Crippen molar-refractivity contribution in [2.45, 2.75) is 19.3 Å². The van der Waals surface area contributed by atoms with Crippen molar-refractivity contribution in [3.8, 4) is 22.3 Å². The third-order valence-corrected chi connectivity index (χ3v) is 12.3. The van der Waals surface area contributed by atoms with Gasteiger partial charge >= 0.3 is 0 Å². The Balaban J connectivity index is 1.13. The molecule has 2 heterocycles. The molecule has 0 unspecified atom stereocenters. The lowest BCUT2D eigenvalue weighted by Gasteiger charge is -2.29. The molecule has 1 aliphatic rings. The molecule has 56 heavy (non-hydrogen) atoms. The summed E-state index contributed by atoms with van der Waals surface area (Å²) in [4.78, 5) is 2.42. The minimum Gasteiger partial charge on any atom is -0.456 e. The summed E-state index contributed by atoms with van der Waals surface area (Å²) >= 11 is 0. The molecule has 0 amide bonds. The molecule has 0 saturated carbocycles. The van der Waals surface area contributed by atoms with Crippen molar-refractivity contribution in [3.05, 3.63) is 187 Å². The van der Waals surface area contributed by atoms with Crippen LogP contribution in [0.4, 0.5) is 17.1 Å². The second-order valence-corrected chi connectivity index (χ2v) is 15.6. The Morgan fingerprint density at radius 1 is 0.411 bits per heavy atom. The quantitative estimate of drug-likeness (QED) is 0.182. The highest BCUT2D eigenvalue weighted by molar-refractivity contribution is 6.30. The zero-order valence-corrected chi connectivity index (χ0v) is 31.0. The highest BCUT2D eigenvalue weighted by Crippen LogP contribution is 2.52. The van der Waals surface area contributed by atoms with E-state index in [1.165, 1.54) is 44.2 Å². The van der Waals surface area contributed by atoms with E-state index in [0.717, 1.165) is 71.7 Å². The average Bonchev–Trinajstić information content (AvgIpc) is 3.89. The molecule has 1 aliphatic carbocycles. The zero-order valence-electron chi connectivity index (χ0n) is 31.0. The van der Waals surface area contributed by atoms with Crippen LogP contribution in [-0.4, -0.2) is 0 Å². The summed E-state index contributed by atoms with van der Waals surface area (Å²) in [6.07, 6.45) is 0. The van der Waals surface area contributed by atoms with Gasteiger partial charge in [-0.05, 0) is 104 Å². The average molecular weight is 718 g/mol. The lowest BCUT2D eigenvalue weighted by Crippen LogP contribution is -2.16. The number of fused-ring (bicyclic) bond motifs is 13. The van der Waals surface area contributed by atoms with Crippen molar-refractivity contribution >= 4 is 82.5 Å². The van der Waals surface area contributed by atoms with Gasteiger partial charge in [0.15, 0.2) is 0 Å². The van der Waals surface area contributed by atoms with Crippen LogP contribution in [0.25, 0.3) is 87.7 Å². The molecule has 0 aliphatic heterocycles. The standard InChI is InChI=1S/C53H35NO2/c1-53(2)43-18-8-7-16-40(43)41-28-26-36(31-44(41)53)54(35-24-21-34(22-25-35)38-17-9-13-32-11-3-5-14-37(32)38)45-19-10-20-46-50(45)51-48(55-46)30-29-47-49(51)42-27-23-33-12-4-6-15-39(33)52(42)56-47/h3-31H,1-2H3. The van der Waals surface area contributed by atoms with Crippen molar-refractivity contribution < 1.29 is 8.83 Å². The van der Waals surface area contributed by atoms with Gasteiger partial charge in [0.25, 0.3) is 0 Å². The van der Waals surface area contributed by atoms with Gasteiger partial charge in [-0.1, -0.05) is 135 Å². The topological polar surface area (TPSA) is 29.5 Å². The highest BCUT2D eigenvalue weighted by Gasteiger charge is 2.36. The smallest absolute Gasteiger partial charge is 0.143 e. The number of hydrogen-bond acceptors (Lipinski definition) is 3. The summed E-state index contributed by atoms with van der Waals surface area (Å²) in [5, 5.41) is 9.04. The second-order valence-electron chi connectivity index (χ2n) is 15.6. The molecule has 9 aromatic carbocycles. The summed E-state index contributed by atoms with van der Waals surface area (Å²) in [7, 11) is 0. The van der Waals surface area contributed by atoms with E-state index < -0.39 is 0 Å². The first-order valence-corrected chi connectivity index (χ1v) is 19.3. The van der Waals surface area contributed by atoms with Crippen LogP contribution >= 0.6 is 0 Å². The number of furan rings is 2. The van der Waals surface area contributed by atoms with E-state index in [-0.39, 0.29) is 5.41 Å². The predicted molar refractivity (Wildman–Crippen MR) is 234 cm³/mol. The van der Waals surface area contributed by atoms with E-state index >= 15 is 0 Å². The van der Waals surface area contributed by atoms with Crippen LogP contribution in [0, 0.1) is 0 Å². The summed E-state index contributed by atoms with van der Waals surface area (Å²) in [6, 6.07) is 63.5. The molecule has 0 spiro atoms. The van der Waals surface area contributed by atoms with E-state index in [9.17, 15) is 0 Å². The molecular formula is C53H35NO2.